The van der Waals surface area contributed by atoms with Gasteiger partial charge in [-0.2, -0.15) is 0 Å². The van der Waals surface area contributed by atoms with Crippen LogP contribution in [0.25, 0.3) is 15.9 Å². The van der Waals surface area contributed by atoms with Crippen LogP contribution in [0.1, 0.15) is 26.3 Å². The molecule has 4 aromatic rings. The molecule has 0 radical (unpaired) electrons. The van der Waals surface area contributed by atoms with Crippen molar-refractivity contribution in [2.45, 2.75) is 11.8 Å². The molecule has 0 aliphatic heterocycles. The van der Waals surface area contributed by atoms with Crippen LogP contribution in [0, 0.1) is 6.92 Å². The van der Waals surface area contributed by atoms with Gasteiger partial charge in [-0.25, -0.2) is 35.9 Å². The monoisotopic (exact) mass is 629 g/mol. The van der Waals surface area contributed by atoms with Crippen molar-refractivity contribution >= 4 is 64.4 Å². The molecular formula is C22H16N5NaO10S3. The molecular weight excluding hydrogens is 613 g/mol. The van der Waals surface area contributed by atoms with Crippen molar-refractivity contribution < 1.29 is 70.7 Å². The SMILES string of the molecule is Cc1c(C(=O)NS(C)(=O)=O)c(O)n(-c2ccc(C(=O)O)cc2)c(=O)c1N=Nc1nc2cc(S(=O)(=O)[O-])ccc2s1.[Na+]. The Hall–Kier alpha value is -3.52. The fraction of sp³-hybridized carbons (Fsp3) is 0.0909. The number of rotatable bonds is 7. The maximum Gasteiger partial charge on any atom is 1.00 e. The summed E-state index contributed by atoms with van der Waals surface area (Å²) in [7, 11) is -8.84. The molecule has 3 N–H and O–H groups in total. The van der Waals surface area contributed by atoms with Crippen molar-refractivity contribution in [3.05, 3.63) is 69.5 Å². The zero-order chi connectivity index (χ0) is 29.6. The van der Waals surface area contributed by atoms with Crippen LogP contribution in [0.3, 0.4) is 0 Å². The minimum Gasteiger partial charge on any atom is -0.744 e. The average Bonchev–Trinajstić information content (AvgIpc) is 3.24. The van der Waals surface area contributed by atoms with Gasteiger partial charge >= 0.3 is 35.5 Å². The maximum atomic E-state index is 13.4. The molecule has 2 aromatic carbocycles. The first-order chi connectivity index (χ1) is 18.6. The summed E-state index contributed by atoms with van der Waals surface area (Å²) >= 11 is 0.933. The molecule has 0 bridgehead atoms. The number of pyridine rings is 1. The first-order valence-corrected chi connectivity index (χ1v) is 14.8. The van der Waals surface area contributed by atoms with Crippen molar-refractivity contribution in [2.24, 2.45) is 10.2 Å². The fourth-order valence-electron chi connectivity index (χ4n) is 3.55. The summed E-state index contributed by atoms with van der Waals surface area (Å²) in [5.41, 5.74) is -2.48. The molecule has 41 heavy (non-hydrogen) atoms. The van der Waals surface area contributed by atoms with Crippen LogP contribution in [0.4, 0.5) is 10.8 Å². The van der Waals surface area contributed by atoms with E-state index in [2.05, 4.69) is 15.2 Å². The molecule has 0 aliphatic carbocycles. The minimum absolute atomic E-state index is 0. The molecule has 19 heteroatoms. The number of amides is 1. The molecule has 0 spiro atoms. The molecule has 0 fully saturated rings. The quantitative estimate of drug-likeness (QED) is 0.130. The first kappa shape index (κ1) is 32.0. The third-order valence-electron chi connectivity index (χ3n) is 5.32. The number of aromatic hydroxyl groups is 1. The van der Waals surface area contributed by atoms with Gasteiger partial charge in [0.15, 0.2) is 5.69 Å². The van der Waals surface area contributed by atoms with Crippen LogP contribution < -0.4 is 39.8 Å². The van der Waals surface area contributed by atoms with Crippen molar-refractivity contribution in [2.75, 3.05) is 6.26 Å². The number of hydrogen-bond acceptors (Lipinski definition) is 13. The van der Waals surface area contributed by atoms with E-state index in [4.69, 9.17) is 5.11 Å². The summed E-state index contributed by atoms with van der Waals surface area (Å²) in [4.78, 5) is 41.0. The van der Waals surface area contributed by atoms with E-state index in [1.54, 1.807) is 4.72 Å². The molecule has 0 saturated heterocycles. The van der Waals surface area contributed by atoms with Crippen molar-refractivity contribution in [3.8, 4) is 11.6 Å². The van der Waals surface area contributed by atoms with Gasteiger partial charge in [0.05, 0.1) is 32.6 Å². The number of nitrogens with one attached hydrogen (secondary N) is 1. The second-order valence-corrected chi connectivity index (χ2v) is 12.3. The Kier molecular flexibility index (Phi) is 9.18. The summed E-state index contributed by atoms with van der Waals surface area (Å²) in [5.74, 6) is -3.49. The topological polar surface area (TPSA) is 238 Å². The van der Waals surface area contributed by atoms with E-state index in [0.717, 1.165) is 35.6 Å². The Bertz CT molecular complexity index is 2020. The van der Waals surface area contributed by atoms with Crippen LogP contribution in [0.2, 0.25) is 0 Å². The van der Waals surface area contributed by atoms with Gasteiger partial charge < -0.3 is 14.8 Å². The summed E-state index contributed by atoms with van der Waals surface area (Å²) < 4.78 is 60.0. The second kappa shape index (κ2) is 11.8. The number of hydrogen-bond donors (Lipinski definition) is 3. The van der Waals surface area contributed by atoms with Gasteiger partial charge in [-0.05, 0) is 49.4 Å². The molecule has 2 heterocycles. The Morgan fingerprint density at radius 3 is 2.27 bits per heavy atom. The van der Waals surface area contributed by atoms with Crippen molar-refractivity contribution in [1.82, 2.24) is 14.3 Å². The number of azo groups is 1. The van der Waals surface area contributed by atoms with Gasteiger partial charge in [-0.15, -0.1) is 10.2 Å². The van der Waals surface area contributed by atoms with E-state index in [9.17, 15) is 40.9 Å². The zero-order valence-corrected chi connectivity index (χ0v) is 25.7. The van der Waals surface area contributed by atoms with Gasteiger partial charge in [-0.1, -0.05) is 11.3 Å². The van der Waals surface area contributed by atoms with Gasteiger partial charge in [0.2, 0.25) is 21.0 Å². The van der Waals surface area contributed by atoms with Crippen LogP contribution in [0.15, 0.2) is 62.4 Å². The van der Waals surface area contributed by atoms with Crippen LogP contribution in [-0.4, -0.2) is 59.3 Å². The van der Waals surface area contributed by atoms with E-state index in [1.807, 2.05) is 0 Å². The molecule has 0 atom stereocenters. The Morgan fingerprint density at radius 1 is 1.07 bits per heavy atom. The molecule has 0 unspecified atom stereocenters. The number of fused-ring (bicyclic) bond motifs is 1. The molecule has 0 aliphatic rings. The number of carbonyl (C=O) groups is 2. The Balaban J connectivity index is 0.00000462. The van der Waals surface area contributed by atoms with Gasteiger partial charge in [0.25, 0.3) is 11.5 Å². The number of carbonyl (C=O) groups excluding carboxylic acids is 1. The second-order valence-electron chi connectivity index (χ2n) is 8.15. The first-order valence-electron chi connectivity index (χ1n) is 10.7. The number of sulfonamides is 1. The third kappa shape index (κ3) is 6.87. The van der Waals surface area contributed by atoms with Crippen molar-refractivity contribution in [3.63, 3.8) is 0 Å². The van der Waals surface area contributed by atoms with E-state index in [1.165, 1.54) is 25.1 Å². The number of thiazole rings is 1. The number of nitrogens with zero attached hydrogens (tertiary/aromatic N) is 4. The van der Waals surface area contributed by atoms with E-state index >= 15 is 0 Å². The van der Waals surface area contributed by atoms with Gasteiger partial charge in [0.1, 0.15) is 15.7 Å². The smallest absolute Gasteiger partial charge is 0.744 e. The molecule has 4 rings (SSSR count). The summed E-state index contributed by atoms with van der Waals surface area (Å²) in [5, 5.41) is 27.7. The molecule has 15 nitrogen and oxygen atoms in total. The van der Waals surface area contributed by atoms with Gasteiger partial charge in [0, 0.05) is 5.56 Å². The Morgan fingerprint density at radius 2 is 1.71 bits per heavy atom. The van der Waals surface area contributed by atoms with E-state index < -0.39 is 59.6 Å². The minimum atomic E-state index is -4.74. The fourth-order valence-corrected chi connectivity index (χ4v) is 5.25. The van der Waals surface area contributed by atoms with Crippen LogP contribution >= 0.6 is 11.3 Å². The standard InChI is InChI=1S/C22H17N5O10S3.Na/c1-10-16(18(28)26-39(2,33)34)19(29)27(12-5-3-11(4-6-12)21(31)32)20(30)17(10)24-25-22-23-14-9-13(40(35,36)37)7-8-15(14)38-22;/h3-9,29H,1-2H3,(H,26,28)(H,31,32)(H,35,36,37);/q;+1/p-1. The normalized spacial score (nSPS) is 11.9. The number of carboxylic acid groups (broad SMARTS) is 1. The molecule has 1 amide bonds. The number of aromatic carboxylic acids is 1. The molecule has 2 aromatic heterocycles. The predicted octanol–water partition coefficient (Wildman–Crippen LogP) is -0.828. The zero-order valence-electron chi connectivity index (χ0n) is 21.2. The summed E-state index contributed by atoms with van der Waals surface area (Å²) in [6.07, 6.45) is 0.704. The Labute approximate surface area is 257 Å². The molecule has 0 saturated carbocycles. The number of aromatic nitrogens is 2. The summed E-state index contributed by atoms with van der Waals surface area (Å²) in [6.45, 7) is 1.22. The third-order valence-corrected chi connectivity index (χ3v) is 7.63. The largest absolute Gasteiger partial charge is 1.00 e. The van der Waals surface area contributed by atoms with Crippen molar-refractivity contribution in [1.29, 1.82) is 0 Å². The van der Waals surface area contributed by atoms with Crippen LogP contribution in [0.5, 0.6) is 5.88 Å². The van der Waals surface area contributed by atoms with E-state index in [0.29, 0.717) is 15.5 Å². The summed E-state index contributed by atoms with van der Waals surface area (Å²) in [6, 6.07) is 8.10. The predicted molar refractivity (Wildman–Crippen MR) is 139 cm³/mol. The van der Waals surface area contributed by atoms with Gasteiger partial charge in [-0.3, -0.25) is 9.59 Å². The number of benzene rings is 2. The van der Waals surface area contributed by atoms with E-state index in [-0.39, 0.29) is 57.0 Å². The number of carboxylic acids is 1. The van der Waals surface area contributed by atoms with Crippen LogP contribution in [-0.2, 0) is 20.1 Å². The maximum absolute atomic E-state index is 13.4. The average molecular weight is 630 g/mol. The molecule has 208 valence electrons.